The fourth-order valence-electron chi connectivity index (χ4n) is 2.23. The predicted molar refractivity (Wildman–Crippen MR) is 82.4 cm³/mol. The number of aliphatic carboxylic acids is 1. The molecule has 2 aromatic heterocycles. The summed E-state index contributed by atoms with van der Waals surface area (Å²) in [6.07, 6.45) is 0.128. The molecule has 5 nitrogen and oxygen atoms in total. The lowest BCUT2D eigenvalue weighted by Crippen LogP contribution is -2.34. The summed E-state index contributed by atoms with van der Waals surface area (Å²) >= 11 is 1.59. The number of rotatable bonds is 7. The normalized spacial score (nSPS) is 12.8. The summed E-state index contributed by atoms with van der Waals surface area (Å²) in [6, 6.07) is 3.91. The second kappa shape index (κ2) is 6.87. The highest BCUT2D eigenvalue weighted by Crippen LogP contribution is 2.26. The fraction of sp³-hybridized carbons (Fsp3) is 0.467. The van der Waals surface area contributed by atoms with E-state index < -0.39 is 5.97 Å². The highest BCUT2D eigenvalue weighted by molar-refractivity contribution is 7.13. The van der Waals surface area contributed by atoms with Gasteiger partial charge in [0.15, 0.2) is 0 Å². The quantitative estimate of drug-likeness (QED) is 0.849. The van der Waals surface area contributed by atoms with Gasteiger partial charge < -0.3 is 9.52 Å². The van der Waals surface area contributed by atoms with Gasteiger partial charge in [-0.15, -0.1) is 11.3 Å². The van der Waals surface area contributed by atoms with Crippen LogP contribution >= 0.6 is 11.3 Å². The zero-order valence-corrected chi connectivity index (χ0v) is 13.3. The van der Waals surface area contributed by atoms with Crippen LogP contribution in [-0.2, 0) is 11.3 Å². The third-order valence-electron chi connectivity index (χ3n) is 3.48. The number of aromatic nitrogens is 1. The summed E-state index contributed by atoms with van der Waals surface area (Å²) < 4.78 is 5.72. The van der Waals surface area contributed by atoms with Gasteiger partial charge in [0.2, 0.25) is 5.89 Å². The number of carboxylic acids is 1. The molecule has 2 heterocycles. The zero-order chi connectivity index (χ0) is 15.4. The van der Waals surface area contributed by atoms with Gasteiger partial charge in [0.05, 0.1) is 17.0 Å². The highest BCUT2D eigenvalue weighted by atomic mass is 32.1. The van der Waals surface area contributed by atoms with Crippen LogP contribution in [0.2, 0.25) is 0 Å². The van der Waals surface area contributed by atoms with Gasteiger partial charge in [0, 0.05) is 12.6 Å². The van der Waals surface area contributed by atoms with Crippen molar-refractivity contribution in [1.82, 2.24) is 9.88 Å². The lowest BCUT2D eigenvalue weighted by Gasteiger charge is -2.25. The molecule has 21 heavy (non-hydrogen) atoms. The van der Waals surface area contributed by atoms with Crippen LogP contribution in [0.4, 0.5) is 0 Å². The van der Waals surface area contributed by atoms with Crippen molar-refractivity contribution in [3.8, 4) is 10.8 Å². The monoisotopic (exact) mass is 308 g/mol. The first-order valence-electron chi connectivity index (χ1n) is 6.97. The van der Waals surface area contributed by atoms with E-state index in [1.165, 1.54) is 0 Å². The molecule has 2 rings (SSSR count). The minimum atomic E-state index is -0.780. The van der Waals surface area contributed by atoms with Crippen LogP contribution in [0.15, 0.2) is 21.9 Å². The first kappa shape index (κ1) is 15.7. The summed E-state index contributed by atoms with van der Waals surface area (Å²) in [4.78, 5) is 18.5. The number of carboxylic acid groups (broad SMARTS) is 1. The van der Waals surface area contributed by atoms with Crippen molar-refractivity contribution in [3.63, 3.8) is 0 Å². The van der Waals surface area contributed by atoms with Crippen LogP contribution in [0.3, 0.4) is 0 Å². The third-order valence-corrected chi connectivity index (χ3v) is 4.33. The Kier molecular flexibility index (Phi) is 5.14. The molecule has 0 aliphatic carbocycles. The van der Waals surface area contributed by atoms with Crippen molar-refractivity contribution in [2.24, 2.45) is 0 Å². The summed E-state index contributed by atoms with van der Waals surface area (Å²) in [7, 11) is 0. The average Bonchev–Trinajstić information content (AvgIpc) is 3.04. The third kappa shape index (κ3) is 3.92. The van der Waals surface area contributed by atoms with Crippen LogP contribution in [0.25, 0.3) is 10.8 Å². The van der Waals surface area contributed by atoms with Crippen molar-refractivity contribution in [3.05, 3.63) is 29.0 Å². The second-order valence-electron chi connectivity index (χ2n) is 5.01. The predicted octanol–water partition coefficient (Wildman–Crippen LogP) is 3.40. The second-order valence-corrected chi connectivity index (χ2v) is 5.96. The Balaban J connectivity index is 2.12. The van der Waals surface area contributed by atoms with Gasteiger partial charge in [-0.05, 0) is 31.8 Å². The Morgan fingerprint density at radius 1 is 1.57 bits per heavy atom. The van der Waals surface area contributed by atoms with Crippen molar-refractivity contribution < 1.29 is 14.3 Å². The van der Waals surface area contributed by atoms with Crippen molar-refractivity contribution in [2.45, 2.75) is 39.8 Å². The van der Waals surface area contributed by atoms with E-state index in [4.69, 9.17) is 9.52 Å². The van der Waals surface area contributed by atoms with Crippen LogP contribution in [0, 0.1) is 6.92 Å². The number of hydrogen-bond acceptors (Lipinski definition) is 5. The average molecular weight is 308 g/mol. The molecular weight excluding hydrogens is 288 g/mol. The maximum atomic E-state index is 10.8. The SMILES string of the molecule is CCN(Cc1nc(-c2cccs2)oc1C)C(C)CC(=O)O. The largest absolute Gasteiger partial charge is 0.481 e. The van der Waals surface area contributed by atoms with E-state index in [-0.39, 0.29) is 12.5 Å². The summed E-state index contributed by atoms with van der Waals surface area (Å²) in [6.45, 7) is 7.22. The highest BCUT2D eigenvalue weighted by Gasteiger charge is 2.19. The van der Waals surface area contributed by atoms with Gasteiger partial charge >= 0.3 is 5.97 Å². The summed E-state index contributed by atoms with van der Waals surface area (Å²) in [5.41, 5.74) is 0.873. The van der Waals surface area contributed by atoms with Crippen molar-refractivity contribution in [1.29, 1.82) is 0 Å². The minimum Gasteiger partial charge on any atom is -0.481 e. The maximum absolute atomic E-state index is 10.8. The molecule has 0 bridgehead atoms. The number of aryl methyl sites for hydroxylation is 1. The molecule has 0 aromatic carbocycles. The lowest BCUT2D eigenvalue weighted by molar-refractivity contribution is -0.138. The zero-order valence-electron chi connectivity index (χ0n) is 12.5. The van der Waals surface area contributed by atoms with E-state index in [1.807, 2.05) is 38.3 Å². The summed E-state index contributed by atoms with van der Waals surface area (Å²) in [5, 5.41) is 10.9. The molecule has 0 aliphatic heterocycles. The molecule has 0 saturated heterocycles. The number of thiophene rings is 1. The smallest absolute Gasteiger partial charge is 0.304 e. The first-order valence-corrected chi connectivity index (χ1v) is 7.85. The molecule has 0 fully saturated rings. The van der Waals surface area contributed by atoms with Crippen LogP contribution in [0.5, 0.6) is 0 Å². The number of carbonyl (C=O) groups is 1. The van der Waals surface area contributed by atoms with E-state index >= 15 is 0 Å². The molecule has 2 aromatic rings. The van der Waals surface area contributed by atoms with E-state index in [2.05, 4.69) is 9.88 Å². The van der Waals surface area contributed by atoms with Crippen LogP contribution in [-0.4, -0.2) is 33.5 Å². The Labute approximate surface area is 128 Å². The first-order chi connectivity index (χ1) is 10.0. The molecule has 114 valence electrons. The van der Waals surface area contributed by atoms with Crippen LogP contribution < -0.4 is 0 Å². The van der Waals surface area contributed by atoms with E-state index in [0.29, 0.717) is 12.4 Å². The molecule has 1 atom stereocenters. The van der Waals surface area contributed by atoms with Crippen molar-refractivity contribution in [2.75, 3.05) is 6.54 Å². The topological polar surface area (TPSA) is 66.6 Å². The van der Waals surface area contributed by atoms with E-state index in [9.17, 15) is 4.79 Å². The van der Waals surface area contributed by atoms with Gasteiger partial charge in [0.1, 0.15) is 5.76 Å². The van der Waals surface area contributed by atoms with Gasteiger partial charge in [-0.3, -0.25) is 9.69 Å². The molecule has 0 aliphatic rings. The standard InChI is InChI=1S/C15H20N2O3S/c1-4-17(10(2)8-14(18)19)9-12-11(3)20-15(16-12)13-6-5-7-21-13/h5-7,10H,4,8-9H2,1-3H3,(H,18,19). The lowest BCUT2D eigenvalue weighted by atomic mass is 10.2. The van der Waals surface area contributed by atoms with Gasteiger partial charge in [-0.25, -0.2) is 4.98 Å². The molecule has 1 N–H and O–H groups in total. The Morgan fingerprint density at radius 3 is 2.90 bits per heavy atom. The summed E-state index contributed by atoms with van der Waals surface area (Å²) in [5.74, 6) is 0.649. The Bertz CT molecular complexity index is 592. The Morgan fingerprint density at radius 2 is 2.33 bits per heavy atom. The van der Waals surface area contributed by atoms with E-state index in [0.717, 1.165) is 22.9 Å². The van der Waals surface area contributed by atoms with Crippen molar-refractivity contribution >= 4 is 17.3 Å². The molecule has 0 spiro atoms. The van der Waals surface area contributed by atoms with E-state index in [1.54, 1.807) is 11.3 Å². The number of nitrogens with zero attached hydrogens (tertiary/aromatic N) is 2. The molecular formula is C15H20N2O3S. The Hall–Kier alpha value is -1.66. The van der Waals surface area contributed by atoms with Gasteiger partial charge in [-0.2, -0.15) is 0 Å². The molecule has 0 radical (unpaired) electrons. The molecule has 1 unspecified atom stereocenters. The fourth-order valence-corrected chi connectivity index (χ4v) is 2.88. The number of oxazole rings is 1. The number of hydrogen-bond donors (Lipinski definition) is 1. The molecule has 0 amide bonds. The molecule has 0 saturated carbocycles. The van der Waals surface area contributed by atoms with Gasteiger partial charge in [0.25, 0.3) is 0 Å². The van der Waals surface area contributed by atoms with Gasteiger partial charge in [-0.1, -0.05) is 13.0 Å². The minimum absolute atomic E-state index is 0.0335. The molecule has 6 heteroatoms. The maximum Gasteiger partial charge on any atom is 0.304 e. The van der Waals surface area contributed by atoms with Crippen LogP contribution in [0.1, 0.15) is 31.7 Å².